The number of hydroxylamine groups is 3. The Hall–Kier alpha value is -0.900. The van der Waals surface area contributed by atoms with Gasteiger partial charge in [-0.05, 0) is 12.8 Å². The van der Waals surface area contributed by atoms with Crippen LogP contribution in [0.2, 0.25) is 0 Å². The summed E-state index contributed by atoms with van der Waals surface area (Å²) in [5.41, 5.74) is 1.10. The molecule has 0 saturated carbocycles. The van der Waals surface area contributed by atoms with Crippen molar-refractivity contribution in [2.45, 2.75) is 38.3 Å². The summed E-state index contributed by atoms with van der Waals surface area (Å²) >= 11 is 0. The molecular formula is C14H21NO2. The van der Waals surface area contributed by atoms with Crippen LogP contribution in [0.15, 0.2) is 30.3 Å². The Morgan fingerprint density at radius 1 is 1.24 bits per heavy atom. The molecule has 17 heavy (non-hydrogen) atoms. The highest BCUT2D eigenvalue weighted by atomic mass is 16.5. The second-order valence-electron chi connectivity index (χ2n) is 4.98. The van der Waals surface area contributed by atoms with E-state index in [-0.39, 0.29) is 17.3 Å². The first-order chi connectivity index (χ1) is 8.24. The van der Waals surface area contributed by atoms with Crippen LogP contribution < -0.4 is 0 Å². The van der Waals surface area contributed by atoms with E-state index in [1.54, 1.807) is 0 Å². The molecule has 1 fully saturated rings. The molecule has 1 heterocycles. The molecule has 0 aliphatic carbocycles. The SMILES string of the molecule is [O-][N+]1(Cc2ccccc2)CCCCC1CCO. The maximum absolute atomic E-state index is 12.8. The van der Waals surface area contributed by atoms with Gasteiger partial charge in [0.1, 0.15) is 6.54 Å². The van der Waals surface area contributed by atoms with Crippen molar-refractivity contribution in [2.75, 3.05) is 13.2 Å². The second kappa shape index (κ2) is 5.63. The van der Waals surface area contributed by atoms with Crippen molar-refractivity contribution in [3.63, 3.8) is 0 Å². The number of likely N-dealkylation sites (tertiary alicyclic amines) is 1. The molecule has 1 aliphatic heterocycles. The predicted molar refractivity (Wildman–Crippen MR) is 68.0 cm³/mol. The van der Waals surface area contributed by atoms with E-state index in [1.165, 1.54) is 0 Å². The van der Waals surface area contributed by atoms with Crippen molar-refractivity contribution in [3.05, 3.63) is 41.1 Å². The van der Waals surface area contributed by atoms with Crippen LogP contribution in [0.5, 0.6) is 0 Å². The maximum atomic E-state index is 12.8. The van der Waals surface area contributed by atoms with Crippen molar-refractivity contribution in [1.82, 2.24) is 0 Å². The molecule has 0 amide bonds. The first kappa shape index (κ1) is 12.6. The van der Waals surface area contributed by atoms with Crippen LogP contribution in [0, 0.1) is 5.21 Å². The van der Waals surface area contributed by atoms with Gasteiger partial charge in [-0.15, -0.1) is 0 Å². The topological polar surface area (TPSA) is 43.3 Å². The maximum Gasteiger partial charge on any atom is 0.104 e. The number of hydrogen-bond acceptors (Lipinski definition) is 2. The molecule has 1 saturated heterocycles. The summed E-state index contributed by atoms with van der Waals surface area (Å²) in [6.07, 6.45) is 3.73. The van der Waals surface area contributed by atoms with E-state index in [1.807, 2.05) is 30.3 Å². The van der Waals surface area contributed by atoms with Gasteiger partial charge in [-0.2, -0.15) is 0 Å². The molecule has 1 aromatic rings. The fraction of sp³-hybridized carbons (Fsp3) is 0.571. The minimum atomic E-state index is -0.148. The molecule has 0 radical (unpaired) electrons. The minimum Gasteiger partial charge on any atom is -0.632 e. The fourth-order valence-electron chi connectivity index (χ4n) is 2.81. The highest BCUT2D eigenvalue weighted by molar-refractivity contribution is 5.13. The van der Waals surface area contributed by atoms with Crippen LogP contribution in [0.4, 0.5) is 0 Å². The normalized spacial score (nSPS) is 29.2. The lowest BCUT2D eigenvalue weighted by molar-refractivity contribution is -0.923. The zero-order valence-electron chi connectivity index (χ0n) is 10.2. The number of benzene rings is 1. The number of nitrogens with zero attached hydrogens (tertiary/aromatic N) is 1. The van der Waals surface area contributed by atoms with E-state index in [4.69, 9.17) is 5.11 Å². The van der Waals surface area contributed by atoms with E-state index in [2.05, 4.69) is 0 Å². The lowest BCUT2D eigenvalue weighted by Gasteiger charge is -2.51. The number of piperidine rings is 1. The summed E-state index contributed by atoms with van der Waals surface area (Å²) in [4.78, 5) is 0. The van der Waals surface area contributed by atoms with E-state index >= 15 is 0 Å². The standard InChI is InChI=1S/C14H21NO2/c16-11-9-14-8-4-5-10-15(14,17)12-13-6-2-1-3-7-13/h1-3,6-7,14,16H,4-5,8-12H2. The zero-order valence-corrected chi connectivity index (χ0v) is 10.2. The first-order valence-electron chi connectivity index (χ1n) is 6.47. The highest BCUT2D eigenvalue weighted by Crippen LogP contribution is 2.29. The molecule has 3 heteroatoms. The summed E-state index contributed by atoms with van der Waals surface area (Å²) in [5.74, 6) is 0. The molecule has 1 N–H and O–H groups in total. The van der Waals surface area contributed by atoms with Crippen molar-refractivity contribution in [3.8, 4) is 0 Å². The monoisotopic (exact) mass is 235 g/mol. The Labute approximate surface area is 103 Å². The van der Waals surface area contributed by atoms with Crippen molar-refractivity contribution >= 4 is 0 Å². The van der Waals surface area contributed by atoms with Gasteiger partial charge in [-0.1, -0.05) is 30.3 Å². The molecule has 0 bridgehead atoms. The van der Waals surface area contributed by atoms with Crippen LogP contribution in [-0.2, 0) is 6.54 Å². The van der Waals surface area contributed by atoms with Gasteiger partial charge in [-0.3, -0.25) is 0 Å². The first-order valence-corrected chi connectivity index (χ1v) is 6.47. The smallest absolute Gasteiger partial charge is 0.104 e. The van der Waals surface area contributed by atoms with E-state index in [9.17, 15) is 5.21 Å². The third-order valence-corrected chi connectivity index (χ3v) is 3.74. The molecule has 1 aromatic carbocycles. The molecule has 2 unspecified atom stereocenters. The molecule has 94 valence electrons. The lowest BCUT2D eigenvalue weighted by Crippen LogP contribution is -2.53. The van der Waals surface area contributed by atoms with Crippen molar-refractivity contribution < 1.29 is 9.75 Å². The third-order valence-electron chi connectivity index (χ3n) is 3.74. The van der Waals surface area contributed by atoms with Gasteiger partial charge in [-0.25, -0.2) is 0 Å². The van der Waals surface area contributed by atoms with Crippen molar-refractivity contribution in [1.29, 1.82) is 0 Å². The molecule has 0 spiro atoms. The average Bonchev–Trinajstić information content (AvgIpc) is 2.34. The summed E-state index contributed by atoms with van der Waals surface area (Å²) in [7, 11) is 0. The second-order valence-corrected chi connectivity index (χ2v) is 4.98. The third kappa shape index (κ3) is 3.06. The van der Waals surface area contributed by atoms with Gasteiger partial charge in [0.05, 0.1) is 12.6 Å². The van der Waals surface area contributed by atoms with E-state index in [0.29, 0.717) is 19.5 Å². The predicted octanol–water partition coefficient (Wildman–Crippen LogP) is 2.44. The number of rotatable bonds is 4. The van der Waals surface area contributed by atoms with Gasteiger partial charge in [0.2, 0.25) is 0 Å². The van der Waals surface area contributed by atoms with Gasteiger partial charge in [0.25, 0.3) is 0 Å². The lowest BCUT2D eigenvalue weighted by atomic mass is 9.98. The van der Waals surface area contributed by atoms with Crippen LogP contribution >= 0.6 is 0 Å². The molecule has 0 aromatic heterocycles. The molecule has 2 rings (SSSR count). The average molecular weight is 235 g/mol. The van der Waals surface area contributed by atoms with Crippen LogP contribution in [0.1, 0.15) is 31.2 Å². The summed E-state index contributed by atoms with van der Waals surface area (Å²) in [6.45, 7) is 1.37. The van der Waals surface area contributed by atoms with Crippen LogP contribution in [-0.4, -0.2) is 28.9 Å². The van der Waals surface area contributed by atoms with Crippen LogP contribution in [0.3, 0.4) is 0 Å². The number of quaternary nitrogens is 1. The largest absolute Gasteiger partial charge is 0.632 e. The van der Waals surface area contributed by atoms with Crippen LogP contribution in [0.25, 0.3) is 0 Å². The number of aliphatic hydroxyl groups excluding tert-OH is 1. The molecule has 2 atom stereocenters. The minimum absolute atomic E-state index is 0.0777. The van der Waals surface area contributed by atoms with E-state index in [0.717, 1.165) is 24.8 Å². The molecule has 1 aliphatic rings. The number of hydrogen-bond donors (Lipinski definition) is 1. The zero-order chi connectivity index (χ0) is 12.1. The molecular weight excluding hydrogens is 214 g/mol. The Morgan fingerprint density at radius 2 is 2.00 bits per heavy atom. The van der Waals surface area contributed by atoms with Crippen molar-refractivity contribution in [2.24, 2.45) is 0 Å². The van der Waals surface area contributed by atoms with E-state index < -0.39 is 0 Å². The summed E-state index contributed by atoms with van der Waals surface area (Å²) in [6, 6.07) is 10.0. The quantitative estimate of drug-likeness (QED) is 0.643. The molecule has 3 nitrogen and oxygen atoms in total. The van der Waals surface area contributed by atoms with Gasteiger partial charge < -0.3 is 15.0 Å². The fourth-order valence-corrected chi connectivity index (χ4v) is 2.81. The Balaban J connectivity index is 2.09. The summed E-state index contributed by atoms with van der Waals surface area (Å²) in [5, 5.41) is 21.9. The Bertz CT molecular complexity index is 339. The van der Waals surface area contributed by atoms with Gasteiger partial charge >= 0.3 is 0 Å². The highest BCUT2D eigenvalue weighted by Gasteiger charge is 2.31. The number of aliphatic hydroxyl groups is 1. The van der Waals surface area contributed by atoms with Gasteiger partial charge in [0.15, 0.2) is 0 Å². The summed E-state index contributed by atoms with van der Waals surface area (Å²) < 4.78 is -0.148. The Morgan fingerprint density at radius 3 is 2.71 bits per heavy atom. The van der Waals surface area contributed by atoms with Gasteiger partial charge in [0, 0.05) is 25.0 Å². The Kier molecular flexibility index (Phi) is 4.15.